The minimum absolute atomic E-state index is 0.126. The number of nitrogens with zero attached hydrogens (tertiary/aromatic N) is 2. The highest BCUT2D eigenvalue weighted by molar-refractivity contribution is 7.90. The molecule has 1 heterocycles. The van der Waals surface area contributed by atoms with Gasteiger partial charge in [-0.2, -0.15) is 0 Å². The van der Waals surface area contributed by atoms with Crippen LogP contribution in [0, 0.1) is 6.92 Å². The van der Waals surface area contributed by atoms with Crippen molar-refractivity contribution >= 4 is 33.1 Å². The third-order valence-electron chi connectivity index (χ3n) is 3.21. The van der Waals surface area contributed by atoms with Crippen molar-refractivity contribution in [2.45, 2.75) is 33.2 Å². The molecule has 0 aromatic carbocycles. The SMILES string of the molecule is CCOC(=O)c1sc(C(C)NC(=NC)NCCCS(C)(=O)=O)nc1C. The summed E-state index contributed by atoms with van der Waals surface area (Å²) in [6.45, 7) is 6.26. The van der Waals surface area contributed by atoms with E-state index in [0.29, 0.717) is 36.1 Å². The topological polar surface area (TPSA) is 110 Å². The molecule has 2 N–H and O–H groups in total. The number of nitrogens with one attached hydrogen (secondary N) is 2. The molecule has 0 aliphatic heterocycles. The molecular weight excluding hydrogens is 364 g/mol. The van der Waals surface area contributed by atoms with E-state index < -0.39 is 9.84 Å². The molecule has 1 aromatic heterocycles. The van der Waals surface area contributed by atoms with Crippen LogP contribution in [-0.4, -0.2) is 57.5 Å². The molecule has 0 radical (unpaired) electrons. The Kier molecular flexibility index (Phi) is 8.30. The normalized spacial score (nSPS) is 13.4. The summed E-state index contributed by atoms with van der Waals surface area (Å²) in [7, 11) is -1.33. The zero-order valence-corrected chi connectivity index (χ0v) is 16.9. The fourth-order valence-corrected chi connectivity index (χ4v) is 3.62. The van der Waals surface area contributed by atoms with Crippen LogP contribution < -0.4 is 10.6 Å². The van der Waals surface area contributed by atoms with Crippen LogP contribution in [0.5, 0.6) is 0 Å². The maximum atomic E-state index is 11.9. The number of esters is 1. The standard InChI is InChI=1S/C15H26N4O4S2/c1-6-23-14(20)12-10(2)18-13(24-12)11(3)19-15(16-4)17-8-7-9-25(5,21)22/h11H,6-9H2,1-5H3,(H2,16,17,19). The van der Waals surface area contributed by atoms with Crippen molar-refractivity contribution < 1.29 is 17.9 Å². The van der Waals surface area contributed by atoms with E-state index >= 15 is 0 Å². The van der Waals surface area contributed by atoms with Gasteiger partial charge < -0.3 is 15.4 Å². The van der Waals surface area contributed by atoms with Crippen LogP contribution in [0.25, 0.3) is 0 Å². The number of aromatic nitrogens is 1. The number of ether oxygens (including phenoxy) is 1. The largest absolute Gasteiger partial charge is 0.462 e. The molecule has 1 atom stereocenters. The molecule has 8 nitrogen and oxygen atoms in total. The second-order valence-electron chi connectivity index (χ2n) is 5.54. The Bertz CT molecular complexity index is 713. The van der Waals surface area contributed by atoms with Gasteiger partial charge in [-0.05, 0) is 27.2 Å². The number of guanidine groups is 1. The summed E-state index contributed by atoms with van der Waals surface area (Å²) in [5.41, 5.74) is 0.642. The highest BCUT2D eigenvalue weighted by atomic mass is 32.2. The quantitative estimate of drug-likeness (QED) is 0.298. The van der Waals surface area contributed by atoms with E-state index in [0.717, 1.165) is 5.01 Å². The number of aryl methyl sites for hydroxylation is 1. The lowest BCUT2D eigenvalue weighted by molar-refractivity contribution is 0.0531. The van der Waals surface area contributed by atoms with Gasteiger partial charge in [-0.25, -0.2) is 18.2 Å². The van der Waals surface area contributed by atoms with E-state index in [1.165, 1.54) is 17.6 Å². The van der Waals surface area contributed by atoms with Gasteiger partial charge >= 0.3 is 5.97 Å². The first-order valence-electron chi connectivity index (χ1n) is 7.97. The van der Waals surface area contributed by atoms with E-state index in [-0.39, 0.29) is 17.8 Å². The Morgan fingerprint density at radius 2 is 2.12 bits per heavy atom. The van der Waals surface area contributed by atoms with Gasteiger partial charge in [0.15, 0.2) is 5.96 Å². The fraction of sp³-hybridized carbons (Fsp3) is 0.667. The number of thiazole rings is 1. The molecule has 0 saturated heterocycles. The van der Waals surface area contributed by atoms with Crippen LogP contribution in [0.15, 0.2) is 4.99 Å². The molecule has 0 aliphatic rings. The van der Waals surface area contributed by atoms with Gasteiger partial charge in [-0.15, -0.1) is 11.3 Å². The smallest absolute Gasteiger partial charge is 0.350 e. The van der Waals surface area contributed by atoms with Crippen molar-refractivity contribution in [3.8, 4) is 0 Å². The van der Waals surface area contributed by atoms with Gasteiger partial charge in [-0.1, -0.05) is 0 Å². The van der Waals surface area contributed by atoms with Gasteiger partial charge in [-0.3, -0.25) is 4.99 Å². The molecule has 1 rings (SSSR count). The van der Waals surface area contributed by atoms with E-state index in [4.69, 9.17) is 4.74 Å². The van der Waals surface area contributed by atoms with E-state index in [1.807, 2.05) is 6.92 Å². The predicted octanol–water partition coefficient (Wildman–Crippen LogP) is 1.29. The van der Waals surface area contributed by atoms with Gasteiger partial charge in [0, 0.05) is 19.8 Å². The van der Waals surface area contributed by atoms with E-state index in [1.54, 1.807) is 20.9 Å². The maximum Gasteiger partial charge on any atom is 0.350 e. The molecule has 25 heavy (non-hydrogen) atoms. The lowest BCUT2D eigenvalue weighted by atomic mass is 10.3. The second-order valence-corrected chi connectivity index (χ2v) is 8.83. The van der Waals surface area contributed by atoms with Crippen LogP contribution in [0.4, 0.5) is 0 Å². The zero-order chi connectivity index (χ0) is 19.0. The summed E-state index contributed by atoms with van der Waals surface area (Å²) in [6.07, 6.45) is 1.71. The Hall–Kier alpha value is -1.68. The Morgan fingerprint density at radius 1 is 1.44 bits per heavy atom. The highest BCUT2D eigenvalue weighted by Gasteiger charge is 2.20. The first kappa shape index (κ1) is 21.4. The number of sulfone groups is 1. The second kappa shape index (κ2) is 9.71. The van der Waals surface area contributed by atoms with E-state index in [9.17, 15) is 13.2 Å². The third kappa shape index (κ3) is 7.39. The van der Waals surface area contributed by atoms with Crippen LogP contribution in [0.3, 0.4) is 0 Å². The average Bonchev–Trinajstić information content (AvgIpc) is 2.91. The van der Waals surface area contributed by atoms with Crippen LogP contribution in [0.1, 0.15) is 46.7 Å². The summed E-state index contributed by atoms with van der Waals surface area (Å²) in [5.74, 6) is 0.312. The van der Waals surface area contributed by atoms with Crippen molar-refractivity contribution in [2.24, 2.45) is 4.99 Å². The van der Waals surface area contributed by atoms with Gasteiger partial charge in [0.25, 0.3) is 0 Å². The van der Waals surface area contributed by atoms with Crippen molar-refractivity contribution in [3.05, 3.63) is 15.6 Å². The molecular formula is C15H26N4O4S2. The summed E-state index contributed by atoms with van der Waals surface area (Å²) in [5, 5.41) is 6.99. The fourth-order valence-electron chi connectivity index (χ4n) is 1.99. The molecule has 1 unspecified atom stereocenters. The molecule has 0 fully saturated rings. The summed E-state index contributed by atoms with van der Waals surface area (Å²) < 4.78 is 27.3. The number of hydrogen-bond donors (Lipinski definition) is 2. The molecule has 0 saturated carbocycles. The molecule has 0 aliphatic carbocycles. The van der Waals surface area contributed by atoms with Crippen molar-refractivity contribution in [1.29, 1.82) is 0 Å². The average molecular weight is 391 g/mol. The van der Waals surface area contributed by atoms with Crippen molar-refractivity contribution in [3.63, 3.8) is 0 Å². The molecule has 0 amide bonds. The minimum atomic E-state index is -2.96. The summed E-state index contributed by atoms with van der Waals surface area (Å²) in [6, 6.07) is -0.159. The lowest BCUT2D eigenvalue weighted by Crippen LogP contribution is -2.39. The number of carbonyl (C=O) groups excluding carboxylic acids is 1. The summed E-state index contributed by atoms with van der Waals surface area (Å²) >= 11 is 1.29. The van der Waals surface area contributed by atoms with Crippen molar-refractivity contribution in [2.75, 3.05) is 32.2 Å². The Morgan fingerprint density at radius 3 is 2.68 bits per heavy atom. The summed E-state index contributed by atoms with van der Waals surface area (Å²) in [4.78, 5) is 20.9. The molecule has 0 spiro atoms. The van der Waals surface area contributed by atoms with Crippen LogP contribution in [0.2, 0.25) is 0 Å². The Labute approximate surface area is 153 Å². The monoisotopic (exact) mass is 390 g/mol. The number of carbonyl (C=O) groups is 1. The maximum absolute atomic E-state index is 11.9. The number of aliphatic imine (C=N–C) groups is 1. The Balaban J connectivity index is 2.63. The molecule has 0 bridgehead atoms. The van der Waals surface area contributed by atoms with Crippen molar-refractivity contribution in [1.82, 2.24) is 15.6 Å². The number of rotatable bonds is 8. The lowest BCUT2D eigenvalue weighted by Gasteiger charge is -2.16. The van der Waals surface area contributed by atoms with Gasteiger partial charge in [0.1, 0.15) is 19.7 Å². The van der Waals surface area contributed by atoms with Gasteiger partial charge in [0.2, 0.25) is 0 Å². The van der Waals surface area contributed by atoms with Crippen LogP contribution >= 0.6 is 11.3 Å². The number of hydrogen-bond acceptors (Lipinski definition) is 7. The zero-order valence-electron chi connectivity index (χ0n) is 15.2. The van der Waals surface area contributed by atoms with E-state index in [2.05, 4.69) is 20.6 Å². The van der Waals surface area contributed by atoms with Crippen LogP contribution in [-0.2, 0) is 14.6 Å². The highest BCUT2D eigenvalue weighted by Crippen LogP contribution is 2.24. The van der Waals surface area contributed by atoms with Gasteiger partial charge in [0.05, 0.1) is 24.1 Å². The minimum Gasteiger partial charge on any atom is -0.462 e. The third-order valence-corrected chi connectivity index (χ3v) is 5.56. The first-order valence-corrected chi connectivity index (χ1v) is 10.8. The first-order chi connectivity index (χ1) is 11.7. The molecule has 1 aromatic rings. The predicted molar refractivity (Wildman–Crippen MR) is 100 cm³/mol. The molecule has 10 heteroatoms. The molecule has 142 valence electrons.